The normalized spacial score (nSPS) is 11.0. The lowest BCUT2D eigenvalue weighted by molar-refractivity contribution is -0.138. The molecule has 2 aromatic rings. The molecule has 0 heterocycles. The van der Waals surface area contributed by atoms with Gasteiger partial charge in [-0.2, -0.15) is 13.2 Å². The van der Waals surface area contributed by atoms with Crippen LogP contribution in [-0.4, -0.2) is 13.2 Å². The molecule has 3 nitrogen and oxygen atoms in total. The summed E-state index contributed by atoms with van der Waals surface area (Å²) < 4.78 is 55.9. The zero-order valence-corrected chi connectivity index (χ0v) is 15.9. The van der Waals surface area contributed by atoms with Crippen molar-refractivity contribution in [2.24, 2.45) is 0 Å². The predicted molar refractivity (Wildman–Crippen MR) is 99.0 cm³/mol. The van der Waals surface area contributed by atoms with Crippen molar-refractivity contribution in [3.63, 3.8) is 0 Å². The number of halogens is 5. The molecular formula is C19H17Cl2F3O3. The van der Waals surface area contributed by atoms with Crippen LogP contribution in [-0.2, 0) is 6.18 Å². The quantitative estimate of drug-likeness (QED) is 0.460. The van der Waals surface area contributed by atoms with Crippen molar-refractivity contribution in [3.8, 4) is 23.0 Å². The van der Waals surface area contributed by atoms with E-state index in [1.807, 2.05) is 6.92 Å². The fraction of sp³-hybridized carbons (Fsp3) is 0.263. The van der Waals surface area contributed by atoms with Gasteiger partial charge in [-0.1, -0.05) is 30.1 Å². The molecular weight excluding hydrogens is 404 g/mol. The SMILES string of the molecule is CCCOc1ccc(Oc2ccc(OCC=C(Cl)Cl)c(C(F)(F)F)c2)cc1. The van der Waals surface area contributed by atoms with E-state index in [1.165, 1.54) is 18.2 Å². The molecule has 0 aliphatic heterocycles. The van der Waals surface area contributed by atoms with E-state index in [9.17, 15) is 13.2 Å². The minimum atomic E-state index is -4.61. The summed E-state index contributed by atoms with van der Waals surface area (Å²) in [4.78, 5) is 0. The molecule has 0 amide bonds. The maximum absolute atomic E-state index is 13.3. The first-order valence-electron chi connectivity index (χ1n) is 8.05. The summed E-state index contributed by atoms with van der Waals surface area (Å²) in [6.07, 6.45) is -2.49. The zero-order valence-electron chi connectivity index (χ0n) is 14.4. The van der Waals surface area contributed by atoms with Crippen molar-refractivity contribution in [1.29, 1.82) is 0 Å². The number of alkyl halides is 3. The lowest BCUT2D eigenvalue weighted by Gasteiger charge is -2.15. The summed E-state index contributed by atoms with van der Waals surface area (Å²) in [6.45, 7) is 2.38. The van der Waals surface area contributed by atoms with Crippen LogP contribution in [0.25, 0.3) is 0 Å². The van der Waals surface area contributed by atoms with Gasteiger partial charge in [0.25, 0.3) is 0 Å². The Kier molecular flexibility index (Phi) is 7.68. The first-order valence-corrected chi connectivity index (χ1v) is 8.81. The van der Waals surface area contributed by atoms with E-state index >= 15 is 0 Å². The average Bonchev–Trinajstić information content (AvgIpc) is 2.61. The van der Waals surface area contributed by atoms with E-state index in [0.717, 1.165) is 12.5 Å². The molecule has 0 fully saturated rings. The monoisotopic (exact) mass is 420 g/mol. The van der Waals surface area contributed by atoms with Gasteiger partial charge >= 0.3 is 6.18 Å². The second-order valence-electron chi connectivity index (χ2n) is 5.38. The highest BCUT2D eigenvalue weighted by molar-refractivity contribution is 6.55. The molecule has 0 aliphatic rings. The number of benzene rings is 2. The molecule has 0 atom stereocenters. The minimum Gasteiger partial charge on any atom is -0.494 e. The number of ether oxygens (including phenoxy) is 3. The minimum absolute atomic E-state index is 0.0304. The maximum Gasteiger partial charge on any atom is 0.420 e. The van der Waals surface area contributed by atoms with Gasteiger partial charge in [0.15, 0.2) is 0 Å². The molecule has 0 spiro atoms. The van der Waals surface area contributed by atoms with Crippen LogP contribution in [0.4, 0.5) is 13.2 Å². The van der Waals surface area contributed by atoms with E-state index < -0.39 is 11.7 Å². The molecule has 0 radical (unpaired) electrons. The van der Waals surface area contributed by atoms with Gasteiger partial charge in [0.2, 0.25) is 0 Å². The third-order valence-electron chi connectivity index (χ3n) is 3.27. The molecule has 0 aliphatic carbocycles. The molecule has 146 valence electrons. The summed E-state index contributed by atoms with van der Waals surface area (Å²) in [5.74, 6) is 0.735. The number of rotatable bonds is 8. The lowest BCUT2D eigenvalue weighted by Crippen LogP contribution is -2.09. The smallest absolute Gasteiger partial charge is 0.420 e. The Hall–Kier alpha value is -2.05. The molecule has 0 N–H and O–H groups in total. The average molecular weight is 421 g/mol. The van der Waals surface area contributed by atoms with Gasteiger partial charge in [-0.25, -0.2) is 0 Å². The van der Waals surface area contributed by atoms with Crippen LogP contribution < -0.4 is 14.2 Å². The van der Waals surface area contributed by atoms with E-state index in [-0.39, 0.29) is 22.6 Å². The van der Waals surface area contributed by atoms with Crippen LogP contribution in [0.3, 0.4) is 0 Å². The van der Waals surface area contributed by atoms with Crippen LogP contribution >= 0.6 is 23.2 Å². The fourth-order valence-electron chi connectivity index (χ4n) is 2.07. The summed E-state index contributed by atoms with van der Waals surface area (Å²) >= 11 is 10.8. The highest BCUT2D eigenvalue weighted by Crippen LogP contribution is 2.39. The highest BCUT2D eigenvalue weighted by Gasteiger charge is 2.35. The Morgan fingerprint density at radius 2 is 1.59 bits per heavy atom. The number of hydrogen-bond donors (Lipinski definition) is 0. The Morgan fingerprint density at radius 1 is 0.963 bits per heavy atom. The van der Waals surface area contributed by atoms with Gasteiger partial charge in [-0.15, -0.1) is 0 Å². The van der Waals surface area contributed by atoms with Gasteiger partial charge in [-0.05, 0) is 55.0 Å². The molecule has 2 aromatic carbocycles. The highest BCUT2D eigenvalue weighted by atomic mass is 35.5. The van der Waals surface area contributed by atoms with E-state index in [0.29, 0.717) is 18.1 Å². The van der Waals surface area contributed by atoms with Crippen LogP contribution in [0.2, 0.25) is 0 Å². The molecule has 0 bridgehead atoms. The molecule has 2 rings (SSSR count). The van der Waals surface area contributed by atoms with E-state index in [2.05, 4.69) is 0 Å². The first kappa shape index (κ1) is 21.3. The van der Waals surface area contributed by atoms with Gasteiger partial charge < -0.3 is 14.2 Å². The topological polar surface area (TPSA) is 27.7 Å². The third-order valence-corrected chi connectivity index (χ3v) is 3.57. The second-order valence-corrected chi connectivity index (χ2v) is 6.39. The van der Waals surface area contributed by atoms with Crippen LogP contribution in [0.15, 0.2) is 53.0 Å². The van der Waals surface area contributed by atoms with Crippen molar-refractivity contribution in [3.05, 3.63) is 58.6 Å². The zero-order chi connectivity index (χ0) is 19.9. The van der Waals surface area contributed by atoms with Gasteiger partial charge in [0.05, 0.1) is 6.61 Å². The molecule has 27 heavy (non-hydrogen) atoms. The summed E-state index contributed by atoms with van der Waals surface area (Å²) in [7, 11) is 0. The molecule has 0 saturated heterocycles. The first-order chi connectivity index (χ1) is 12.8. The molecule has 0 saturated carbocycles. The van der Waals surface area contributed by atoms with Crippen LogP contribution in [0, 0.1) is 0 Å². The lowest BCUT2D eigenvalue weighted by atomic mass is 10.2. The van der Waals surface area contributed by atoms with Gasteiger partial charge in [-0.3, -0.25) is 0 Å². The predicted octanol–water partition coefficient (Wildman–Crippen LogP) is 6.98. The Balaban J connectivity index is 2.16. The van der Waals surface area contributed by atoms with Crippen LogP contribution in [0.1, 0.15) is 18.9 Å². The van der Waals surface area contributed by atoms with E-state index in [1.54, 1.807) is 24.3 Å². The van der Waals surface area contributed by atoms with Crippen molar-refractivity contribution in [2.75, 3.05) is 13.2 Å². The Morgan fingerprint density at radius 3 is 2.19 bits per heavy atom. The van der Waals surface area contributed by atoms with Crippen molar-refractivity contribution < 1.29 is 27.4 Å². The summed E-state index contributed by atoms with van der Waals surface area (Å²) in [5.41, 5.74) is -0.956. The van der Waals surface area contributed by atoms with Crippen molar-refractivity contribution >= 4 is 23.2 Å². The van der Waals surface area contributed by atoms with Gasteiger partial charge in [0.1, 0.15) is 39.7 Å². The molecule has 0 unspecified atom stereocenters. The van der Waals surface area contributed by atoms with Crippen LogP contribution in [0.5, 0.6) is 23.0 Å². The maximum atomic E-state index is 13.3. The molecule has 0 aromatic heterocycles. The molecule has 8 heteroatoms. The summed E-state index contributed by atoms with van der Waals surface area (Å²) in [5, 5.41) is 0. The standard InChI is InChI=1S/C19H17Cl2F3O3/c1-2-10-25-13-3-5-14(6-4-13)27-15-7-8-17(26-11-9-18(20)21)16(12-15)19(22,23)24/h3-9,12H,2,10-11H2,1H3. The number of hydrogen-bond acceptors (Lipinski definition) is 3. The Bertz CT molecular complexity index is 771. The largest absolute Gasteiger partial charge is 0.494 e. The fourth-order valence-corrected chi connectivity index (χ4v) is 2.20. The van der Waals surface area contributed by atoms with E-state index in [4.69, 9.17) is 37.4 Å². The van der Waals surface area contributed by atoms with Gasteiger partial charge in [0, 0.05) is 0 Å². The summed E-state index contributed by atoms with van der Waals surface area (Å²) in [6, 6.07) is 10.1. The Labute approximate surface area is 165 Å². The van der Waals surface area contributed by atoms with Crippen molar-refractivity contribution in [1.82, 2.24) is 0 Å². The third kappa shape index (κ3) is 6.88. The van der Waals surface area contributed by atoms with Crippen molar-refractivity contribution in [2.45, 2.75) is 19.5 Å². The second kappa shape index (κ2) is 9.76.